The van der Waals surface area contributed by atoms with Crippen LogP contribution < -0.4 is 4.90 Å². The van der Waals surface area contributed by atoms with Crippen molar-refractivity contribution in [2.24, 2.45) is 0 Å². The zero-order valence-electron chi connectivity index (χ0n) is 13.1. The van der Waals surface area contributed by atoms with Gasteiger partial charge in [-0.3, -0.25) is 0 Å². The molecular weight excluding hydrogens is 500 g/mol. The number of carboxylic acids is 1. The molecule has 130 valence electrons. The van der Waals surface area contributed by atoms with Gasteiger partial charge in [-0.05, 0) is 0 Å². The van der Waals surface area contributed by atoms with Crippen molar-refractivity contribution in [2.45, 2.75) is 12.8 Å². The molecule has 0 heterocycles. The fraction of sp³-hybridized carbons (Fsp3) is 0.167. The molecule has 0 atom stereocenters. The molecule has 0 unspecified atom stereocenters. The molecule has 0 saturated carbocycles. The molecule has 0 amide bonds. The van der Waals surface area contributed by atoms with Gasteiger partial charge in [0.05, 0.1) is 0 Å². The Balaban J connectivity index is 2.23. The van der Waals surface area contributed by atoms with E-state index in [2.05, 4.69) is 0 Å². The molecule has 25 heavy (non-hydrogen) atoms. The van der Waals surface area contributed by atoms with Gasteiger partial charge in [0.1, 0.15) is 0 Å². The van der Waals surface area contributed by atoms with Crippen LogP contribution in [0.5, 0.6) is 0 Å². The van der Waals surface area contributed by atoms with Gasteiger partial charge < -0.3 is 0 Å². The van der Waals surface area contributed by atoms with Gasteiger partial charge in [-0.15, -0.1) is 0 Å². The molecule has 4 nitrogen and oxygen atoms in total. The molecule has 0 bridgehead atoms. The van der Waals surface area contributed by atoms with Crippen LogP contribution in [0.25, 0.3) is 0 Å². The maximum absolute atomic E-state index is 13.8. The standard InChI is InChI=1S/C18H15F2NO3.W/c19-15-8-3-6-13(18(15)20)7-4-10-21(11-17(23)24)16-9-2-1-5-14(16)12-22;/h1-3,5-6,8-9,12H,4,7,11H2,(H,23,24);. The van der Waals surface area contributed by atoms with Gasteiger partial charge in [0, 0.05) is 0 Å². The summed E-state index contributed by atoms with van der Waals surface area (Å²) in [6.45, 7) is -0.310. The number of halogens is 2. The van der Waals surface area contributed by atoms with Crippen molar-refractivity contribution >= 4 is 22.0 Å². The van der Waals surface area contributed by atoms with Crippen molar-refractivity contribution in [2.75, 3.05) is 11.4 Å². The van der Waals surface area contributed by atoms with Crippen LogP contribution in [0, 0.1) is 11.6 Å². The summed E-state index contributed by atoms with van der Waals surface area (Å²) in [6, 6.07) is 10.7. The third kappa shape index (κ3) is 4.89. The first kappa shape index (κ1) is 19.1. The minimum absolute atomic E-state index is 0.234. The van der Waals surface area contributed by atoms with Crippen molar-refractivity contribution in [3.63, 3.8) is 0 Å². The number of hydrogen-bond acceptors (Lipinski definition) is 3. The van der Waals surface area contributed by atoms with Crippen LogP contribution in [0.2, 0.25) is 0 Å². The Bertz CT molecular complexity index is 811. The Morgan fingerprint density at radius 2 is 1.88 bits per heavy atom. The van der Waals surface area contributed by atoms with Crippen molar-refractivity contribution in [1.82, 2.24) is 0 Å². The molecule has 0 fully saturated rings. The topological polar surface area (TPSA) is 57.6 Å². The number of carboxylic acid groups (broad SMARTS) is 1. The first-order chi connectivity index (χ1) is 11.9. The van der Waals surface area contributed by atoms with E-state index in [4.69, 9.17) is 0 Å². The number of nitrogens with zero attached hydrogens (tertiary/aromatic N) is 1. The van der Waals surface area contributed by atoms with Gasteiger partial charge in [-0.1, -0.05) is 0 Å². The van der Waals surface area contributed by atoms with E-state index in [0.717, 1.165) is 29.4 Å². The second-order valence-electron chi connectivity index (χ2n) is 5.26. The van der Waals surface area contributed by atoms with E-state index in [1.807, 2.05) is 0 Å². The summed E-state index contributed by atoms with van der Waals surface area (Å²) in [5, 5.41) is 9.18. The molecule has 0 aliphatic rings. The Kier molecular flexibility index (Phi) is 6.71. The Morgan fingerprint density at radius 3 is 2.56 bits per heavy atom. The first-order valence-electron chi connectivity index (χ1n) is 7.43. The molecule has 2 aromatic carbocycles. The third-order valence-electron chi connectivity index (χ3n) is 3.59. The molecule has 0 aromatic heterocycles. The van der Waals surface area contributed by atoms with E-state index in [-0.39, 0.29) is 18.5 Å². The van der Waals surface area contributed by atoms with Crippen LogP contribution in [-0.2, 0) is 30.6 Å². The summed E-state index contributed by atoms with van der Waals surface area (Å²) < 4.78 is 27.8. The van der Waals surface area contributed by atoms with Gasteiger partial charge in [0.25, 0.3) is 0 Å². The number of aryl methyl sites for hydroxylation is 1. The molecule has 2 aromatic rings. The van der Waals surface area contributed by atoms with Gasteiger partial charge >= 0.3 is 154 Å². The molecule has 0 aliphatic heterocycles. The quantitative estimate of drug-likeness (QED) is 0.550. The molecule has 0 spiro atoms. The van der Waals surface area contributed by atoms with E-state index in [1.54, 1.807) is 29.2 Å². The molecule has 2 rings (SSSR count). The Labute approximate surface area is 154 Å². The summed E-state index contributed by atoms with van der Waals surface area (Å²) in [5.74, 6) is -2.84. The van der Waals surface area contributed by atoms with Crippen LogP contribution in [0.4, 0.5) is 14.5 Å². The number of carbonyl (C=O) groups excluding carboxylic acids is 1. The molecule has 0 radical (unpaired) electrons. The number of hydrogen-bond donors (Lipinski definition) is 1. The molecule has 0 aliphatic carbocycles. The van der Waals surface area contributed by atoms with Gasteiger partial charge in [0.15, 0.2) is 0 Å². The number of anilines is 1. The predicted molar refractivity (Wildman–Crippen MR) is 86.5 cm³/mol. The molecule has 1 N–H and O–H groups in total. The van der Waals surface area contributed by atoms with E-state index in [1.165, 1.54) is 12.1 Å². The second kappa shape index (κ2) is 8.77. The molecular formula is C18H15F2NO3W. The number of carbonyl (C=O) groups is 2. The van der Waals surface area contributed by atoms with Crippen molar-refractivity contribution in [3.05, 3.63) is 65.2 Å². The Hall–Kier alpha value is -2.20. The van der Waals surface area contributed by atoms with Gasteiger partial charge in [-0.2, -0.15) is 0 Å². The number of rotatable bonds is 8. The minimum atomic E-state index is -1.05. The third-order valence-corrected chi connectivity index (χ3v) is 5.11. The number of para-hydroxylation sites is 1. The summed E-state index contributed by atoms with van der Waals surface area (Å²) in [6.07, 6.45) is 1.26. The fourth-order valence-corrected chi connectivity index (χ4v) is 3.35. The molecule has 7 heteroatoms. The van der Waals surface area contributed by atoms with Crippen LogP contribution in [0.1, 0.15) is 22.3 Å². The van der Waals surface area contributed by atoms with Gasteiger partial charge in [-0.25, -0.2) is 0 Å². The van der Waals surface area contributed by atoms with E-state index >= 15 is 0 Å². The number of benzene rings is 2. The second-order valence-corrected chi connectivity index (χ2v) is 6.96. The number of aliphatic carboxylic acids is 1. The zero-order chi connectivity index (χ0) is 18.4. The fourth-order valence-electron chi connectivity index (χ4n) is 2.39. The average molecular weight is 515 g/mol. The van der Waals surface area contributed by atoms with Crippen molar-refractivity contribution in [3.8, 4) is 0 Å². The van der Waals surface area contributed by atoms with Crippen LogP contribution >= 0.6 is 0 Å². The van der Waals surface area contributed by atoms with Crippen LogP contribution in [0.15, 0.2) is 42.5 Å². The van der Waals surface area contributed by atoms with Crippen molar-refractivity contribution < 1.29 is 42.8 Å². The monoisotopic (exact) mass is 515 g/mol. The van der Waals surface area contributed by atoms with Gasteiger partial charge in [0.2, 0.25) is 0 Å². The summed E-state index contributed by atoms with van der Waals surface area (Å²) >= 11 is 0.994. The van der Waals surface area contributed by atoms with E-state index in [9.17, 15) is 23.5 Å². The van der Waals surface area contributed by atoms with Crippen LogP contribution in [-0.4, -0.2) is 27.9 Å². The molecule has 0 saturated heterocycles. The van der Waals surface area contributed by atoms with Crippen molar-refractivity contribution in [1.29, 1.82) is 0 Å². The van der Waals surface area contributed by atoms with Crippen LogP contribution in [0.3, 0.4) is 0 Å². The van der Waals surface area contributed by atoms with E-state index in [0.29, 0.717) is 24.0 Å². The van der Waals surface area contributed by atoms with E-state index < -0.39 is 17.6 Å². The summed E-state index contributed by atoms with van der Waals surface area (Å²) in [4.78, 5) is 24.0. The number of aldehydes is 1. The average Bonchev–Trinajstić information content (AvgIpc) is 2.60. The zero-order valence-corrected chi connectivity index (χ0v) is 16.0. The summed E-state index contributed by atoms with van der Waals surface area (Å²) in [5.41, 5.74) is 1.10. The Morgan fingerprint density at radius 1 is 1.16 bits per heavy atom. The maximum atomic E-state index is 13.8. The first-order valence-corrected chi connectivity index (χ1v) is 8.90. The predicted octanol–water partition coefficient (Wildman–Crippen LogP) is 2.98. The SMILES string of the molecule is O=Cc1ccccc1N(CC(=O)O)[C](=[W])CCc1cccc(F)c1F. The summed E-state index contributed by atoms with van der Waals surface area (Å²) in [7, 11) is 0. The normalized spacial score (nSPS) is 10.3.